The Labute approximate surface area is 159 Å². The van der Waals surface area contributed by atoms with E-state index in [9.17, 15) is 9.59 Å². The van der Waals surface area contributed by atoms with Crippen molar-refractivity contribution in [3.63, 3.8) is 0 Å². The number of aromatic nitrogens is 2. The molecule has 0 radical (unpaired) electrons. The molecule has 0 saturated heterocycles. The van der Waals surface area contributed by atoms with E-state index in [4.69, 9.17) is 21.1 Å². The number of methoxy groups -OCH3 is 2. The molecular formula is C19H16ClN3O4. The molecule has 1 aliphatic rings. The Balaban J connectivity index is 1.86. The van der Waals surface area contributed by atoms with E-state index in [1.165, 1.54) is 18.9 Å². The minimum atomic E-state index is -0.398. The summed E-state index contributed by atoms with van der Waals surface area (Å²) in [6.07, 6.45) is 0.338. The first kappa shape index (κ1) is 17.2. The predicted molar refractivity (Wildman–Crippen MR) is 103 cm³/mol. The molecule has 0 spiro atoms. The van der Waals surface area contributed by atoms with Gasteiger partial charge in [0.25, 0.3) is 11.1 Å². The molecule has 4 rings (SSSR count). The summed E-state index contributed by atoms with van der Waals surface area (Å²) < 4.78 is 11.7. The monoisotopic (exact) mass is 385 g/mol. The van der Waals surface area contributed by atoms with Gasteiger partial charge < -0.3 is 14.8 Å². The van der Waals surface area contributed by atoms with Crippen molar-refractivity contribution >= 4 is 23.0 Å². The van der Waals surface area contributed by atoms with Crippen molar-refractivity contribution in [3.05, 3.63) is 73.3 Å². The van der Waals surface area contributed by atoms with Crippen LogP contribution in [-0.4, -0.2) is 24.0 Å². The van der Waals surface area contributed by atoms with Gasteiger partial charge in [-0.2, -0.15) is 0 Å². The number of hydrogen-bond donors (Lipinski definition) is 2. The number of benzene rings is 2. The molecular weight excluding hydrogens is 370 g/mol. The number of ether oxygens (including phenoxy) is 2. The Hall–Kier alpha value is -3.19. The third-order valence-electron chi connectivity index (χ3n) is 4.53. The van der Waals surface area contributed by atoms with Gasteiger partial charge in [0, 0.05) is 23.2 Å². The number of nitrogens with one attached hydrogen (secondary N) is 2. The zero-order valence-corrected chi connectivity index (χ0v) is 15.4. The second kappa shape index (κ2) is 6.51. The van der Waals surface area contributed by atoms with E-state index in [2.05, 4.69) is 10.4 Å². The van der Waals surface area contributed by atoms with Crippen LogP contribution in [0.25, 0.3) is 5.69 Å². The summed E-state index contributed by atoms with van der Waals surface area (Å²) in [6.45, 7) is 0. The molecule has 0 saturated carbocycles. The van der Waals surface area contributed by atoms with E-state index in [0.717, 1.165) is 11.3 Å². The summed E-state index contributed by atoms with van der Waals surface area (Å²) in [5, 5.41) is 6.19. The lowest BCUT2D eigenvalue weighted by atomic mass is 9.99. The maximum Gasteiger partial charge on any atom is 0.287 e. The predicted octanol–water partition coefficient (Wildman–Crippen LogP) is 2.84. The topological polar surface area (TPSA) is 85.4 Å². The highest BCUT2D eigenvalue weighted by molar-refractivity contribution is 6.30. The Bertz CT molecular complexity index is 1170. The molecule has 2 N–H and O–H groups in total. The number of aromatic amines is 1. The third-order valence-corrected chi connectivity index (χ3v) is 4.76. The van der Waals surface area contributed by atoms with Gasteiger partial charge in [0.1, 0.15) is 5.69 Å². The van der Waals surface area contributed by atoms with Crippen molar-refractivity contribution < 1.29 is 9.47 Å². The molecule has 0 bridgehead atoms. The number of anilines is 2. The lowest BCUT2D eigenvalue weighted by Crippen LogP contribution is -2.35. The molecule has 0 aliphatic carbocycles. The minimum Gasteiger partial charge on any atom is -0.493 e. The van der Waals surface area contributed by atoms with Crippen molar-refractivity contribution in [2.24, 2.45) is 0 Å². The summed E-state index contributed by atoms with van der Waals surface area (Å²) in [5.74, 6) is 0.987. The standard InChI is InChI=1S/C19H16ClN3O4/c1-26-15-6-5-12(9-16(15)27-2)23-19(25)13-7-10-3-4-11(20)8-14(10)21-17(13)18(24)22-23/h3-6,8-9,21H,7H2,1-2H3,(H,22,24). The lowest BCUT2D eigenvalue weighted by molar-refractivity contribution is 0.354. The van der Waals surface area contributed by atoms with E-state index >= 15 is 0 Å². The quantitative estimate of drug-likeness (QED) is 0.566. The van der Waals surface area contributed by atoms with Gasteiger partial charge in [-0.05, 0) is 29.8 Å². The fourth-order valence-corrected chi connectivity index (χ4v) is 3.35. The summed E-state index contributed by atoms with van der Waals surface area (Å²) >= 11 is 6.02. The Morgan fingerprint density at radius 2 is 1.81 bits per heavy atom. The minimum absolute atomic E-state index is 0.242. The van der Waals surface area contributed by atoms with Crippen LogP contribution in [-0.2, 0) is 6.42 Å². The molecule has 1 aliphatic heterocycles. The van der Waals surface area contributed by atoms with Crippen LogP contribution in [0.1, 0.15) is 11.1 Å². The van der Waals surface area contributed by atoms with Crippen molar-refractivity contribution in [2.75, 3.05) is 19.5 Å². The van der Waals surface area contributed by atoms with Crippen LogP contribution in [0, 0.1) is 0 Å². The number of nitrogens with zero attached hydrogens (tertiary/aromatic N) is 1. The summed E-state index contributed by atoms with van der Waals surface area (Å²) in [7, 11) is 3.03. The molecule has 138 valence electrons. The van der Waals surface area contributed by atoms with E-state index in [-0.39, 0.29) is 11.2 Å². The second-order valence-electron chi connectivity index (χ2n) is 6.08. The van der Waals surface area contributed by atoms with E-state index in [1.54, 1.807) is 30.3 Å². The van der Waals surface area contributed by atoms with Gasteiger partial charge in [-0.3, -0.25) is 14.7 Å². The van der Waals surface area contributed by atoms with E-state index in [1.807, 2.05) is 6.07 Å². The first-order valence-electron chi connectivity index (χ1n) is 8.18. The number of rotatable bonds is 3. The average molecular weight is 386 g/mol. The Kier molecular flexibility index (Phi) is 4.16. The number of hydrogen-bond acceptors (Lipinski definition) is 5. The Morgan fingerprint density at radius 3 is 2.56 bits per heavy atom. The van der Waals surface area contributed by atoms with Gasteiger partial charge in [0.2, 0.25) is 0 Å². The van der Waals surface area contributed by atoms with Crippen molar-refractivity contribution in [1.29, 1.82) is 0 Å². The van der Waals surface area contributed by atoms with Crippen molar-refractivity contribution in [2.45, 2.75) is 6.42 Å². The molecule has 0 amide bonds. The average Bonchev–Trinajstić information content (AvgIpc) is 2.69. The number of H-pyrrole nitrogens is 1. The van der Waals surface area contributed by atoms with Crippen LogP contribution in [0.15, 0.2) is 46.0 Å². The first-order chi connectivity index (χ1) is 13.0. The second-order valence-corrected chi connectivity index (χ2v) is 6.51. The summed E-state index contributed by atoms with van der Waals surface area (Å²) in [4.78, 5) is 25.7. The van der Waals surface area contributed by atoms with Gasteiger partial charge in [-0.25, -0.2) is 4.68 Å². The fraction of sp³-hybridized carbons (Fsp3) is 0.158. The van der Waals surface area contributed by atoms with Crippen LogP contribution >= 0.6 is 11.6 Å². The first-order valence-corrected chi connectivity index (χ1v) is 8.55. The molecule has 0 fully saturated rings. The molecule has 2 aromatic carbocycles. The summed E-state index contributed by atoms with van der Waals surface area (Å²) in [5.41, 5.74) is 2.02. The van der Waals surface area contributed by atoms with Gasteiger partial charge in [0.15, 0.2) is 11.5 Å². The van der Waals surface area contributed by atoms with E-state index < -0.39 is 5.56 Å². The maximum atomic E-state index is 13.1. The fourth-order valence-electron chi connectivity index (χ4n) is 3.17. The molecule has 27 heavy (non-hydrogen) atoms. The van der Waals surface area contributed by atoms with Crippen LogP contribution in [0.2, 0.25) is 5.02 Å². The third kappa shape index (κ3) is 2.86. The van der Waals surface area contributed by atoms with Crippen LogP contribution in [0.5, 0.6) is 11.5 Å². The molecule has 8 heteroatoms. The highest BCUT2D eigenvalue weighted by atomic mass is 35.5. The molecule has 0 atom stereocenters. The molecule has 2 heterocycles. The Morgan fingerprint density at radius 1 is 1.04 bits per heavy atom. The smallest absolute Gasteiger partial charge is 0.287 e. The van der Waals surface area contributed by atoms with Gasteiger partial charge in [-0.15, -0.1) is 0 Å². The van der Waals surface area contributed by atoms with Crippen LogP contribution < -0.4 is 25.9 Å². The lowest BCUT2D eigenvalue weighted by Gasteiger charge is -2.21. The van der Waals surface area contributed by atoms with Gasteiger partial charge >= 0.3 is 0 Å². The maximum absolute atomic E-state index is 13.1. The zero-order chi connectivity index (χ0) is 19.1. The molecule has 0 unspecified atom stereocenters. The number of fused-ring (bicyclic) bond motifs is 2. The van der Waals surface area contributed by atoms with Gasteiger partial charge in [0.05, 0.1) is 25.5 Å². The zero-order valence-electron chi connectivity index (χ0n) is 14.6. The molecule has 3 aromatic rings. The van der Waals surface area contributed by atoms with Crippen LogP contribution in [0.4, 0.5) is 11.4 Å². The van der Waals surface area contributed by atoms with E-state index in [0.29, 0.717) is 34.2 Å². The van der Waals surface area contributed by atoms with Crippen LogP contribution in [0.3, 0.4) is 0 Å². The highest BCUT2D eigenvalue weighted by Crippen LogP contribution is 2.32. The van der Waals surface area contributed by atoms with Crippen molar-refractivity contribution in [1.82, 2.24) is 9.78 Å². The summed E-state index contributed by atoms with van der Waals surface area (Å²) in [6, 6.07) is 10.3. The highest BCUT2D eigenvalue weighted by Gasteiger charge is 2.23. The molecule has 7 nitrogen and oxygen atoms in total. The normalized spacial score (nSPS) is 12.0. The molecule has 1 aromatic heterocycles. The van der Waals surface area contributed by atoms with Crippen molar-refractivity contribution in [3.8, 4) is 17.2 Å². The van der Waals surface area contributed by atoms with Gasteiger partial charge in [-0.1, -0.05) is 17.7 Å². The number of halogens is 1. The largest absolute Gasteiger partial charge is 0.493 e. The SMILES string of the molecule is COc1ccc(-n2[nH]c(=O)c3c(c2=O)Cc2ccc(Cl)cc2N3)cc1OC.